The van der Waals surface area contributed by atoms with Crippen molar-refractivity contribution in [1.82, 2.24) is 9.97 Å². The van der Waals surface area contributed by atoms with Gasteiger partial charge in [0.2, 0.25) is 11.8 Å². The zero-order valence-electron chi connectivity index (χ0n) is 10.6. The summed E-state index contributed by atoms with van der Waals surface area (Å²) < 4.78 is 5.78. The number of nitrogens with zero attached hydrogens (tertiary/aromatic N) is 2. The van der Waals surface area contributed by atoms with E-state index >= 15 is 0 Å². The summed E-state index contributed by atoms with van der Waals surface area (Å²) in [5.41, 5.74) is 0.976. The van der Waals surface area contributed by atoms with Crippen molar-refractivity contribution < 1.29 is 4.74 Å². The van der Waals surface area contributed by atoms with E-state index in [4.69, 9.17) is 4.74 Å². The van der Waals surface area contributed by atoms with E-state index in [9.17, 15) is 0 Å². The number of hydrogen-bond donors (Lipinski definition) is 1. The lowest BCUT2D eigenvalue weighted by Crippen LogP contribution is -2.14. The first kappa shape index (κ1) is 12.7. The Labute approximate surface area is 97.5 Å². The minimum absolute atomic E-state index is 0.202. The van der Waals surface area contributed by atoms with Crippen LogP contribution in [0.1, 0.15) is 39.2 Å². The molecule has 1 heterocycles. The van der Waals surface area contributed by atoms with Gasteiger partial charge >= 0.3 is 0 Å². The summed E-state index contributed by atoms with van der Waals surface area (Å²) in [5, 5.41) is 3.08. The Morgan fingerprint density at radius 3 is 2.81 bits per heavy atom. The van der Waals surface area contributed by atoms with Gasteiger partial charge in [0.05, 0.1) is 6.10 Å². The lowest BCUT2D eigenvalue weighted by Gasteiger charge is -2.15. The molecule has 0 aliphatic rings. The van der Waals surface area contributed by atoms with Crippen LogP contribution in [0.3, 0.4) is 0 Å². The van der Waals surface area contributed by atoms with Gasteiger partial charge in [-0.05, 0) is 27.2 Å². The molecule has 1 atom stereocenters. The van der Waals surface area contributed by atoms with Gasteiger partial charge in [-0.1, -0.05) is 13.3 Å². The topological polar surface area (TPSA) is 47.0 Å². The SMILES string of the molecule is CCCC(C)Oc1nc(NCC)ncc1C. The fourth-order valence-corrected chi connectivity index (χ4v) is 1.45. The monoisotopic (exact) mass is 223 g/mol. The molecule has 4 heteroatoms. The Bertz CT molecular complexity index is 328. The van der Waals surface area contributed by atoms with E-state index < -0.39 is 0 Å². The number of aryl methyl sites for hydroxylation is 1. The highest BCUT2D eigenvalue weighted by atomic mass is 16.5. The molecule has 1 unspecified atom stereocenters. The van der Waals surface area contributed by atoms with Gasteiger partial charge in [-0.25, -0.2) is 4.98 Å². The standard InChI is InChI=1S/C12H21N3O/c1-5-7-10(4)16-11-9(3)8-14-12(15-11)13-6-2/h8,10H,5-7H2,1-4H3,(H,13,14,15). The van der Waals surface area contributed by atoms with E-state index in [2.05, 4.69) is 29.1 Å². The maximum absolute atomic E-state index is 5.78. The van der Waals surface area contributed by atoms with Gasteiger partial charge in [-0.3, -0.25) is 0 Å². The van der Waals surface area contributed by atoms with E-state index in [-0.39, 0.29) is 6.10 Å². The predicted molar refractivity (Wildman–Crippen MR) is 65.9 cm³/mol. The number of nitrogens with one attached hydrogen (secondary N) is 1. The van der Waals surface area contributed by atoms with Crippen LogP contribution in [0.15, 0.2) is 6.20 Å². The van der Waals surface area contributed by atoms with Crippen LogP contribution in [0.25, 0.3) is 0 Å². The van der Waals surface area contributed by atoms with Gasteiger partial charge in [0, 0.05) is 18.3 Å². The molecule has 0 bridgehead atoms. The van der Waals surface area contributed by atoms with Crippen LogP contribution >= 0.6 is 0 Å². The van der Waals surface area contributed by atoms with Gasteiger partial charge in [-0.2, -0.15) is 4.98 Å². The van der Waals surface area contributed by atoms with E-state index in [0.717, 1.165) is 24.9 Å². The molecule has 0 aromatic carbocycles. The largest absolute Gasteiger partial charge is 0.474 e. The molecule has 0 spiro atoms. The van der Waals surface area contributed by atoms with Crippen molar-refractivity contribution in [2.24, 2.45) is 0 Å². The highest BCUT2D eigenvalue weighted by Crippen LogP contribution is 2.17. The molecule has 0 saturated carbocycles. The Balaban J connectivity index is 2.73. The molecule has 1 aromatic heterocycles. The molecule has 0 fully saturated rings. The van der Waals surface area contributed by atoms with E-state index in [1.807, 2.05) is 13.8 Å². The number of aromatic nitrogens is 2. The summed E-state index contributed by atoms with van der Waals surface area (Å²) in [4.78, 5) is 8.52. The molecule has 16 heavy (non-hydrogen) atoms. The Morgan fingerprint density at radius 2 is 2.19 bits per heavy atom. The smallest absolute Gasteiger partial charge is 0.225 e. The van der Waals surface area contributed by atoms with Crippen molar-refractivity contribution in [2.45, 2.75) is 46.6 Å². The van der Waals surface area contributed by atoms with Crippen molar-refractivity contribution in [3.63, 3.8) is 0 Å². The van der Waals surface area contributed by atoms with E-state index in [1.54, 1.807) is 6.20 Å². The number of anilines is 1. The molecule has 0 amide bonds. The number of hydrogen-bond acceptors (Lipinski definition) is 4. The van der Waals surface area contributed by atoms with Gasteiger partial charge in [-0.15, -0.1) is 0 Å². The van der Waals surface area contributed by atoms with E-state index in [0.29, 0.717) is 11.8 Å². The van der Waals surface area contributed by atoms with Gasteiger partial charge < -0.3 is 10.1 Å². The van der Waals surface area contributed by atoms with Crippen LogP contribution in [0.2, 0.25) is 0 Å². The molecular formula is C12H21N3O. The Hall–Kier alpha value is -1.32. The molecule has 1 rings (SSSR count). The highest BCUT2D eigenvalue weighted by molar-refractivity contribution is 5.32. The number of rotatable bonds is 6. The van der Waals surface area contributed by atoms with Crippen LogP contribution in [-0.4, -0.2) is 22.6 Å². The molecule has 0 aliphatic carbocycles. The minimum Gasteiger partial charge on any atom is -0.474 e. The molecule has 0 aliphatic heterocycles. The van der Waals surface area contributed by atoms with Crippen LogP contribution in [0.5, 0.6) is 5.88 Å². The third-order valence-electron chi connectivity index (χ3n) is 2.27. The summed E-state index contributed by atoms with van der Waals surface area (Å²) in [6, 6.07) is 0. The maximum Gasteiger partial charge on any atom is 0.225 e. The summed E-state index contributed by atoms with van der Waals surface area (Å²) >= 11 is 0. The quantitative estimate of drug-likeness (QED) is 0.805. The molecular weight excluding hydrogens is 202 g/mol. The molecule has 90 valence electrons. The van der Waals surface area contributed by atoms with Gasteiger partial charge in [0.1, 0.15) is 0 Å². The summed E-state index contributed by atoms with van der Waals surface area (Å²) in [5.74, 6) is 1.32. The Kier molecular flexibility index (Phi) is 5.02. The molecule has 1 aromatic rings. The van der Waals surface area contributed by atoms with Crippen molar-refractivity contribution in [2.75, 3.05) is 11.9 Å². The van der Waals surface area contributed by atoms with Crippen molar-refractivity contribution in [3.05, 3.63) is 11.8 Å². The van der Waals surface area contributed by atoms with Crippen LogP contribution in [-0.2, 0) is 0 Å². The molecule has 1 N–H and O–H groups in total. The first-order valence-corrected chi connectivity index (χ1v) is 5.91. The third-order valence-corrected chi connectivity index (χ3v) is 2.27. The predicted octanol–water partition coefficient (Wildman–Crippen LogP) is 2.78. The van der Waals surface area contributed by atoms with E-state index in [1.165, 1.54) is 0 Å². The first-order valence-electron chi connectivity index (χ1n) is 5.91. The van der Waals surface area contributed by atoms with Crippen LogP contribution in [0, 0.1) is 6.92 Å². The second kappa shape index (κ2) is 6.30. The fourth-order valence-electron chi connectivity index (χ4n) is 1.45. The fraction of sp³-hybridized carbons (Fsp3) is 0.667. The lowest BCUT2D eigenvalue weighted by molar-refractivity contribution is 0.200. The third kappa shape index (κ3) is 3.68. The first-order chi connectivity index (χ1) is 7.67. The van der Waals surface area contributed by atoms with Crippen molar-refractivity contribution >= 4 is 5.95 Å². The normalized spacial score (nSPS) is 12.2. The maximum atomic E-state index is 5.78. The highest BCUT2D eigenvalue weighted by Gasteiger charge is 2.08. The second-order valence-corrected chi connectivity index (χ2v) is 3.93. The zero-order chi connectivity index (χ0) is 12.0. The van der Waals surface area contributed by atoms with Crippen LogP contribution in [0.4, 0.5) is 5.95 Å². The molecule has 4 nitrogen and oxygen atoms in total. The molecule has 0 saturated heterocycles. The average Bonchev–Trinajstić information content (AvgIpc) is 2.24. The van der Waals surface area contributed by atoms with Gasteiger partial charge in [0.25, 0.3) is 0 Å². The minimum atomic E-state index is 0.202. The van der Waals surface area contributed by atoms with Crippen LogP contribution < -0.4 is 10.1 Å². The lowest BCUT2D eigenvalue weighted by atomic mass is 10.2. The summed E-state index contributed by atoms with van der Waals surface area (Å²) in [7, 11) is 0. The van der Waals surface area contributed by atoms with Crippen molar-refractivity contribution in [1.29, 1.82) is 0 Å². The zero-order valence-corrected chi connectivity index (χ0v) is 10.6. The Morgan fingerprint density at radius 1 is 1.44 bits per heavy atom. The van der Waals surface area contributed by atoms with Gasteiger partial charge in [0.15, 0.2) is 0 Å². The molecule has 0 radical (unpaired) electrons. The summed E-state index contributed by atoms with van der Waals surface area (Å²) in [6.07, 6.45) is 4.15. The number of ether oxygens (including phenoxy) is 1. The second-order valence-electron chi connectivity index (χ2n) is 3.93. The summed E-state index contributed by atoms with van der Waals surface area (Å²) in [6.45, 7) is 9.01. The van der Waals surface area contributed by atoms with Crippen molar-refractivity contribution in [3.8, 4) is 5.88 Å². The average molecular weight is 223 g/mol.